The van der Waals surface area contributed by atoms with Crippen LogP contribution in [0.4, 0.5) is 5.69 Å². The Morgan fingerprint density at radius 3 is 2.49 bits per heavy atom. The Kier molecular flexibility index (Phi) is 9.40. The van der Waals surface area contributed by atoms with Gasteiger partial charge < -0.3 is 24.2 Å². The lowest BCUT2D eigenvalue weighted by Crippen LogP contribution is -2.34. The molecule has 1 fully saturated rings. The van der Waals surface area contributed by atoms with Crippen molar-refractivity contribution >= 4 is 5.69 Å². The number of methoxy groups -OCH3 is 2. The zero-order chi connectivity index (χ0) is 28.8. The number of hydrogen-bond acceptors (Lipinski definition) is 6. The summed E-state index contributed by atoms with van der Waals surface area (Å²) in [4.78, 5) is 4.84. The predicted molar refractivity (Wildman–Crippen MR) is 166 cm³/mol. The number of phenols is 1. The molecule has 1 atom stereocenters. The molecule has 3 aromatic carbocycles. The fourth-order valence-corrected chi connectivity index (χ4v) is 6.28. The molecule has 1 heterocycles. The highest BCUT2D eigenvalue weighted by molar-refractivity contribution is 5.64. The Morgan fingerprint density at radius 1 is 0.976 bits per heavy atom. The smallest absolute Gasteiger partial charge is 0.162 e. The molecule has 41 heavy (non-hydrogen) atoms. The van der Waals surface area contributed by atoms with E-state index in [1.165, 1.54) is 39.9 Å². The molecule has 0 spiro atoms. The van der Waals surface area contributed by atoms with Crippen LogP contribution in [-0.4, -0.2) is 57.0 Å². The minimum Gasteiger partial charge on any atom is -0.508 e. The summed E-state index contributed by atoms with van der Waals surface area (Å²) < 4.78 is 17.5. The lowest BCUT2D eigenvalue weighted by atomic mass is 9.79. The number of likely N-dealkylation sites (tertiary alicyclic amines) is 1. The summed E-state index contributed by atoms with van der Waals surface area (Å²) in [5.74, 6) is 3.10. The Balaban J connectivity index is 1.31. The first-order valence-corrected chi connectivity index (χ1v) is 14.9. The Bertz CT molecular complexity index is 1340. The summed E-state index contributed by atoms with van der Waals surface area (Å²) >= 11 is 0. The van der Waals surface area contributed by atoms with Crippen LogP contribution in [-0.2, 0) is 19.4 Å². The van der Waals surface area contributed by atoms with Crippen LogP contribution < -0.4 is 19.1 Å². The van der Waals surface area contributed by atoms with Crippen molar-refractivity contribution in [1.29, 1.82) is 0 Å². The monoisotopic (exact) mass is 556 g/mol. The number of phenolic OH excluding ortho intramolecular Hbond substituents is 1. The van der Waals surface area contributed by atoms with Crippen molar-refractivity contribution in [3.05, 3.63) is 89.0 Å². The van der Waals surface area contributed by atoms with Gasteiger partial charge in [-0.2, -0.15) is 0 Å². The summed E-state index contributed by atoms with van der Waals surface area (Å²) in [6.45, 7) is 11.7. The number of fused-ring (bicyclic) bond motifs is 1. The summed E-state index contributed by atoms with van der Waals surface area (Å²) in [7, 11) is 3.39. The molecule has 2 aliphatic rings. The Morgan fingerprint density at radius 2 is 1.76 bits per heavy atom. The van der Waals surface area contributed by atoms with Crippen LogP contribution in [0, 0.1) is 0 Å². The molecule has 0 aromatic heterocycles. The molecule has 1 N–H and O–H groups in total. The van der Waals surface area contributed by atoms with Gasteiger partial charge in [0.15, 0.2) is 11.5 Å². The fourth-order valence-electron chi connectivity index (χ4n) is 6.28. The molecule has 0 saturated carbocycles. The minimum atomic E-state index is 0.343. The van der Waals surface area contributed by atoms with Crippen molar-refractivity contribution in [3.8, 4) is 23.0 Å². The standard InChI is InChI=1S/C35H44N2O4/c1-5-37(24-26-8-14-31(15-9-26)41-18-17-36-16-6-7-25(2)23-36)33-22-35(40-4)34(39-3)21-32(33)29-11-10-28-20-30(38)13-12-27(28)19-29/h8-9,12-15,20-22,29,38H,2,5-7,10-11,16-19,23-24H2,1,3-4H3. The van der Waals surface area contributed by atoms with E-state index in [2.05, 4.69) is 65.8 Å². The molecule has 1 unspecified atom stereocenters. The van der Waals surface area contributed by atoms with Crippen molar-refractivity contribution in [3.63, 3.8) is 0 Å². The van der Waals surface area contributed by atoms with Crippen LogP contribution in [0.15, 0.2) is 66.7 Å². The maximum Gasteiger partial charge on any atom is 0.162 e. The zero-order valence-electron chi connectivity index (χ0n) is 24.8. The van der Waals surface area contributed by atoms with Crippen molar-refractivity contribution in [2.24, 2.45) is 0 Å². The fraction of sp³-hybridized carbons (Fsp3) is 0.429. The third kappa shape index (κ3) is 6.99. The van der Waals surface area contributed by atoms with Gasteiger partial charge in [0, 0.05) is 37.9 Å². The van der Waals surface area contributed by atoms with Crippen LogP contribution in [0.3, 0.4) is 0 Å². The number of anilines is 1. The quantitative estimate of drug-likeness (QED) is 0.264. The van der Waals surface area contributed by atoms with E-state index in [4.69, 9.17) is 14.2 Å². The molecule has 3 aromatic rings. The van der Waals surface area contributed by atoms with Crippen molar-refractivity contribution in [2.75, 3.05) is 51.9 Å². The maximum atomic E-state index is 9.96. The van der Waals surface area contributed by atoms with Gasteiger partial charge in [0.1, 0.15) is 18.1 Å². The van der Waals surface area contributed by atoms with Crippen molar-refractivity contribution in [2.45, 2.75) is 51.5 Å². The second-order valence-electron chi connectivity index (χ2n) is 11.3. The number of rotatable bonds is 11. The molecular formula is C35H44N2O4. The molecule has 6 heteroatoms. The van der Waals surface area contributed by atoms with Crippen LogP contribution in [0.2, 0.25) is 0 Å². The molecular weight excluding hydrogens is 512 g/mol. The largest absolute Gasteiger partial charge is 0.508 e. The van der Waals surface area contributed by atoms with Gasteiger partial charge in [-0.1, -0.05) is 30.4 Å². The average Bonchev–Trinajstić information content (AvgIpc) is 2.99. The average molecular weight is 557 g/mol. The first-order valence-electron chi connectivity index (χ1n) is 14.9. The van der Waals surface area contributed by atoms with E-state index < -0.39 is 0 Å². The summed E-state index contributed by atoms with van der Waals surface area (Å²) in [5, 5.41) is 9.96. The van der Waals surface area contributed by atoms with E-state index in [1.54, 1.807) is 20.3 Å². The number of nitrogens with zero attached hydrogens (tertiary/aromatic N) is 2. The highest BCUT2D eigenvalue weighted by Gasteiger charge is 2.26. The summed E-state index contributed by atoms with van der Waals surface area (Å²) in [5.41, 5.74) is 7.58. The Labute approximate surface area is 245 Å². The SMILES string of the molecule is C=C1CCCN(CCOc2ccc(CN(CC)c3cc(OC)c(OC)cc3C3CCc4cc(O)ccc4C3)cc2)C1. The number of hydrogen-bond donors (Lipinski definition) is 1. The zero-order valence-corrected chi connectivity index (χ0v) is 24.8. The van der Waals surface area contributed by atoms with Crippen LogP contribution in [0.25, 0.3) is 0 Å². The van der Waals surface area contributed by atoms with Gasteiger partial charge in [0.25, 0.3) is 0 Å². The van der Waals surface area contributed by atoms with Gasteiger partial charge in [0.05, 0.1) is 14.2 Å². The second-order valence-corrected chi connectivity index (χ2v) is 11.3. The van der Waals surface area contributed by atoms with Crippen LogP contribution in [0.5, 0.6) is 23.0 Å². The number of aromatic hydroxyl groups is 1. The van der Waals surface area contributed by atoms with Gasteiger partial charge in [-0.15, -0.1) is 0 Å². The first kappa shape index (κ1) is 28.9. The second kappa shape index (κ2) is 13.3. The van der Waals surface area contributed by atoms with Crippen molar-refractivity contribution < 1.29 is 19.3 Å². The summed E-state index contributed by atoms with van der Waals surface area (Å²) in [6, 6.07) is 18.6. The highest BCUT2D eigenvalue weighted by atomic mass is 16.5. The predicted octanol–water partition coefficient (Wildman–Crippen LogP) is 6.74. The van der Waals surface area contributed by atoms with E-state index in [0.717, 1.165) is 75.7 Å². The number of benzene rings is 3. The molecule has 6 nitrogen and oxygen atoms in total. The molecule has 1 aliphatic heterocycles. The van der Waals surface area contributed by atoms with E-state index in [9.17, 15) is 5.11 Å². The van der Waals surface area contributed by atoms with Gasteiger partial charge in [-0.05, 0) is 104 Å². The molecule has 5 rings (SSSR count). The Hall–Kier alpha value is -3.64. The van der Waals surface area contributed by atoms with Gasteiger partial charge in [-0.25, -0.2) is 0 Å². The van der Waals surface area contributed by atoms with Gasteiger partial charge in [-0.3, -0.25) is 4.90 Å². The van der Waals surface area contributed by atoms with E-state index >= 15 is 0 Å². The first-order chi connectivity index (χ1) is 20.0. The van der Waals surface area contributed by atoms with E-state index in [0.29, 0.717) is 18.3 Å². The normalized spacial score (nSPS) is 17.1. The lowest BCUT2D eigenvalue weighted by Gasteiger charge is -2.32. The van der Waals surface area contributed by atoms with Crippen molar-refractivity contribution in [1.82, 2.24) is 4.90 Å². The van der Waals surface area contributed by atoms with E-state index in [-0.39, 0.29) is 0 Å². The van der Waals surface area contributed by atoms with Crippen LogP contribution in [0.1, 0.15) is 54.4 Å². The number of piperidine rings is 1. The minimum absolute atomic E-state index is 0.343. The van der Waals surface area contributed by atoms with E-state index in [1.807, 2.05) is 6.07 Å². The maximum absolute atomic E-state index is 9.96. The third-order valence-electron chi connectivity index (χ3n) is 8.54. The third-order valence-corrected chi connectivity index (χ3v) is 8.54. The molecule has 1 aliphatic carbocycles. The number of ether oxygens (including phenoxy) is 3. The lowest BCUT2D eigenvalue weighted by molar-refractivity contribution is 0.205. The number of aryl methyl sites for hydroxylation is 1. The van der Waals surface area contributed by atoms with Gasteiger partial charge >= 0.3 is 0 Å². The van der Waals surface area contributed by atoms with Gasteiger partial charge in [0.2, 0.25) is 0 Å². The molecule has 0 bridgehead atoms. The molecule has 1 saturated heterocycles. The molecule has 0 amide bonds. The highest BCUT2D eigenvalue weighted by Crippen LogP contribution is 2.43. The topological polar surface area (TPSA) is 54.4 Å². The van der Waals surface area contributed by atoms with Crippen LogP contribution >= 0.6 is 0 Å². The molecule has 0 radical (unpaired) electrons. The summed E-state index contributed by atoms with van der Waals surface area (Å²) in [6.07, 6.45) is 5.25. The molecule has 218 valence electrons.